The van der Waals surface area contributed by atoms with Gasteiger partial charge in [0.2, 0.25) is 5.91 Å². The maximum absolute atomic E-state index is 13.5. The second-order valence-corrected chi connectivity index (χ2v) is 13.1. The van der Waals surface area contributed by atoms with Crippen molar-refractivity contribution in [1.29, 1.82) is 0 Å². The van der Waals surface area contributed by atoms with Crippen LogP contribution in [0.15, 0.2) is 84.9 Å². The van der Waals surface area contributed by atoms with E-state index in [1.807, 2.05) is 75.4 Å². The first-order valence-corrected chi connectivity index (χ1v) is 16.6. The summed E-state index contributed by atoms with van der Waals surface area (Å²) in [5.74, 6) is 1.40. The monoisotopic (exact) mass is 605 g/mol. The van der Waals surface area contributed by atoms with E-state index in [0.717, 1.165) is 74.2 Å². The van der Waals surface area contributed by atoms with Gasteiger partial charge in [0.05, 0.1) is 6.67 Å². The quantitative estimate of drug-likeness (QED) is 0.428. The van der Waals surface area contributed by atoms with Gasteiger partial charge >= 0.3 is 6.03 Å². The van der Waals surface area contributed by atoms with E-state index in [4.69, 9.17) is 0 Å². The Balaban J connectivity index is 0.873. The summed E-state index contributed by atoms with van der Waals surface area (Å²) in [5.41, 5.74) is 3.50. The van der Waals surface area contributed by atoms with Crippen LogP contribution in [0.1, 0.15) is 48.9 Å². The van der Waals surface area contributed by atoms with Crippen molar-refractivity contribution in [2.24, 2.45) is 11.8 Å². The lowest BCUT2D eigenvalue weighted by atomic mass is 9.78. The Morgan fingerprint density at radius 3 is 1.73 bits per heavy atom. The van der Waals surface area contributed by atoms with Crippen molar-refractivity contribution in [3.63, 3.8) is 0 Å². The summed E-state index contributed by atoms with van der Waals surface area (Å²) < 4.78 is 0. The number of anilines is 1. The molecule has 0 bridgehead atoms. The molecule has 1 N–H and O–H groups in total. The molecule has 3 aromatic rings. The number of hydrogen-bond donors (Lipinski definition) is 1. The molecule has 8 heteroatoms. The van der Waals surface area contributed by atoms with Gasteiger partial charge in [0.1, 0.15) is 5.54 Å². The van der Waals surface area contributed by atoms with E-state index in [1.54, 1.807) is 0 Å². The number of nitrogens with zero attached hydrogens (tertiary/aromatic N) is 4. The molecule has 3 aromatic carbocycles. The van der Waals surface area contributed by atoms with E-state index in [0.29, 0.717) is 44.4 Å². The largest absolute Gasteiger partial charge is 0.339 e. The van der Waals surface area contributed by atoms with Crippen LogP contribution in [0.25, 0.3) is 11.1 Å². The zero-order chi connectivity index (χ0) is 30.8. The molecule has 7 rings (SSSR count). The average molecular weight is 606 g/mol. The SMILES string of the molecule is O=C(c1ccc(-c2ccccc2)cc1)N1CCC(C2CCN(C(=O)N3CCC4(CC3)C(=O)NCN4c3ccccc3)CC2)CC1. The van der Waals surface area contributed by atoms with E-state index in [2.05, 4.69) is 34.5 Å². The summed E-state index contributed by atoms with van der Waals surface area (Å²) in [6.45, 7) is 4.87. The summed E-state index contributed by atoms with van der Waals surface area (Å²) >= 11 is 0. The highest BCUT2D eigenvalue weighted by Crippen LogP contribution is 2.37. The number of urea groups is 1. The minimum absolute atomic E-state index is 0.0768. The molecule has 4 aliphatic heterocycles. The van der Waals surface area contributed by atoms with Gasteiger partial charge in [-0.25, -0.2) is 4.79 Å². The molecule has 0 aromatic heterocycles. The number of benzene rings is 3. The molecule has 4 amide bonds. The van der Waals surface area contributed by atoms with Gasteiger partial charge in [0.25, 0.3) is 5.91 Å². The van der Waals surface area contributed by atoms with Crippen LogP contribution in [0.3, 0.4) is 0 Å². The molecule has 234 valence electrons. The zero-order valence-electron chi connectivity index (χ0n) is 25.9. The van der Waals surface area contributed by atoms with Crippen LogP contribution < -0.4 is 10.2 Å². The summed E-state index contributed by atoms with van der Waals surface area (Å²) in [6, 6.07) is 28.4. The van der Waals surface area contributed by atoms with Gasteiger partial charge < -0.3 is 24.9 Å². The van der Waals surface area contributed by atoms with Crippen LogP contribution in [0.5, 0.6) is 0 Å². The molecular formula is C37H43N5O3. The Kier molecular flexibility index (Phi) is 8.21. The molecule has 0 radical (unpaired) electrons. The lowest BCUT2D eigenvalue weighted by molar-refractivity contribution is -0.125. The lowest BCUT2D eigenvalue weighted by Crippen LogP contribution is -2.59. The Hall–Kier alpha value is -4.33. The molecular weight excluding hydrogens is 562 g/mol. The van der Waals surface area contributed by atoms with Gasteiger partial charge in [-0.15, -0.1) is 0 Å². The standard InChI is InChI=1S/C37H43N5O3/c43-34(32-13-11-29(12-14-32)28-7-3-1-4-8-28)39-21-15-30(16-22-39)31-17-23-40(24-18-31)36(45)41-25-19-37(20-26-41)35(44)38-27-42(37)33-9-5-2-6-10-33/h1-14,30-31H,15-27H2,(H,38,44). The van der Waals surface area contributed by atoms with Crippen molar-refractivity contribution in [2.45, 2.75) is 44.1 Å². The highest BCUT2D eigenvalue weighted by atomic mass is 16.2. The van der Waals surface area contributed by atoms with Gasteiger partial charge in [-0.05, 0) is 85.8 Å². The summed E-state index contributed by atoms with van der Waals surface area (Å²) in [7, 11) is 0. The predicted octanol–water partition coefficient (Wildman–Crippen LogP) is 5.47. The highest BCUT2D eigenvalue weighted by molar-refractivity contribution is 5.95. The number of carbonyl (C=O) groups is 3. The van der Waals surface area contributed by atoms with Crippen molar-refractivity contribution in [2.75, 3.05) is 50.8 Å². The van der Waals surface area contributed by atoms with E-state index < -0.39 is 5.54 Å². The van der Waals surface area contributed by atoms with Crippen LogP contribution in [-0.4, -0.2) is 84.0 Å². The van der Waals surface area contributed by atoms with Gasteiger partial charge in [-0.1, -0.05) is 60.7 Å². The molecule has 1 spiro atoms. The molecule has 4 heterocycles. The number of carbonyl (C=O) groups excluding carboxylic acids is 3. The first-order valence-electron chi connectivity index (χ1n) is 16.6. The van der Waals surface area contributed by atoms with Crippen LogP contribution in [0, 0.1) is 11.8 Å². The van der Waals surface area contributed by atoms with Crippen molar-refractivity contribution in [3.8, 4) is 11.1 Å². The van der Waals surface area contributed by atoms with Crippen LogP contribution in [-0.2, 0) is 4.79 Å². The van der Waals surface area contributed by atoms with Crippen LogP contribution >= 0.6 is 0 Å². The molecule has 4 aliphatic rings. The third kappa shape index (κ3) is 5.78. The molecule has 4 saturated heterocycles. The maximum Gasteiger partial charge on any atom is 0.320 e. The van der Waals surface area contributed by atoms with Crippen molar-refractivity contribution in [1.82, 2.24) is 20.0 Å². The summed E-state index contributed by atoms with van der Waals surface area (Å²) in [6.07, 6.45) is 5.39. The smallest absolute Gasteiger partial charge is 0.320 e. The predicted molar refractivity (Wildman–Crippen MR) is 176 cm³/mol. The van der Waals surface area contributed by atoms with Gasteiger partial charge in [0, 0.05) is 50.5 Å². The molecule has 0 unspecified atom stereocenters. The third-order valence-corrected chi connectivity index (χ3v) is 10.8. The maximum atomic E-state index is 13.5. The van der Waals surface area contributed by atoms with Crippen LogP contribution in [0.2, 0.25) is 0 Å². The number of rotatable bonds is 4. The third-order valence-electron chi connectivity index (χ3n) is 10.8. The van der Waals surface area contributed by atoms with Crippen molar-refractivity contribution in [3.05, 3.63) is 90.5 Å². The fraction of sp³-hybridized carbons (Fsp3) is 0.432. The molecule has 8 nitrogen and oxygen atoms in total. The molecule has 0 atom stereocenters. The average Bonchev–Trinajstić information content (AvgIpc) is 3.43. The number of amides is 4. The topological polar surface area (TPSA) is 76.2 Å². The first kappa shape index (κ1) is 29.4. The van der Waals surface area contributed by atoms with Crippen molar-refractivity contribution < 1.29 is 14.4 Å². The Morgan fingerprint density at radius 2 is 1.13 bits per heavy atom. The second-order valence-electron chi connectivity index (χ2n) is 13.1. The number of hydrogen-bond acceptors (Lipinski definition) is 4. The van der Waals surface area contributed by atoms with Gasteiger partial charge in [-0.3, -0.25) is 9.59 Å². The minimum atomic E-state index is -0.576. The number of nitrogens with one attached hydrogen (secondary N) is 1. The number of para-hydroxylation sites is 1. The minimum Gasteiger partial charge on any atom is -0.339 e. The van der Waals surface area contributed by atoms with Crippen LogP contribution in [0.4, 0.5) is 10.5 Å². The number of likely N-dealkylation sites (tertiary alicyclic amines) is 3. The molecule has 4 fully saturated rings. The number of piperidine rings is 3. The highest BCUT2D eigenvalue weighted by Gasteiger charge is 2.51. The fourth-order valence-corrected chi connectivity index (χ4v) is 8.06. The normalized spacial score (nSPS) is 20.8. The Morgan fingerprint density at radius 1 is 0.622 bits per heavy atom. The van der Waals surface area contributed by atoms with Gasteiger partial charge in [-0.2, -0.15) is 0 Å². The Bertz CT molecular complexity index is 1490. The van der Waals surface area contributed by atoms with Gasteiger partial charge in [0.15, 0.2) is 0 Å². The van der Waals surface area contributed by atoms with E-state index >= 15 is 0 Å². The summed E-state index contributed by atoms with van der Waals surface area (Å²) in [4.78, 5) is 47.9. The van der Waals surface area contributed by atoms with E-state index in [9.17, 15) is 14.4 Å². The second kappa shape index (κ2) is 12.6. The first-order chi connectivity index (χ1) is 22.0. The summed E-state index contributed by atoms with van der Waals surface area (Å²) in [5, 5.41) is 3.05. The Labute approximate surface area is 266 Å². The molecule has 0 aliphatic carbocycles. The zero-order valence-corrected chi connectivity index (χ0v) is 25.9. The van der Waals surface area contributed by atoms with Crippen molar-refractivity contribution >= 4 is 23.5 Å². The molecule has 0 saturated carbocycles. The lowest BCUT2D eigenvalue weighted by Gasteiger charge is -2.45. The van der Waals surface area contributed by atoms with E-state index in [-0.39, 0.29) is 17.8 Å². The molecule has 45 heavy (non-hydrogen) atoms. The fourth-order valence-electron chi connectivity index (χ4n) is 8.06. The van der Waals surface area contributed by atoms with E-state index in [1.165, 1.54) is 0 Å².